The number of ether oxygens (including phenoxy) is 1. The molecule has 0 unspecified atom stereocenters. The van der Waals surface area contributed by atoms with Gasteiger partial charge in [-0.05, 0) is 6.07 Å². The number of carbonyl (C=O) groups is 1. The summed E-state index contributed by atoms with van der Waals surface area (Å²) >= 11 is 0. The smallest absolute Gasteiger partial charge is 0.372 e. The summed E-state index contributed by atoms with van der Waals surface area (Å²) in [6.07, 6.45) is -1.32. The summed E-state index contributed by atoms with van der Waals surface area (Å²) in [7, 11) is 0. The van der Waals surface area contributed by atoms with Crippen molar-refractivity contribution in [1.82, 2.24) is 4.98 Å². The van der Waals surface area contributed by atoms with Crippen LogP contribution in [-0.4, -0.2) is 30.2 Å². The van der Waals surface area contributed by atoms with Crippen LogP contribution in [0.5, 0.6) is 0 Å². The molecule has 0 saturated heterocycles. The number of aromatic amines is 1. The third kappa shape index (κ3) is 4.64. The number of hydrogen-bond donors (Lipinski definition) is 1. The van der Waals surface area contributed by atoms with Crippen molar-refractivity contribution in [3.05, 3.63) is 24.0 Å². The van der Waals surface area contributed by atoms with E-state index in [1.807, 2.05) is 0 Å². The van der Waals surface area contributed by atoms with Gasteiger partial charge in [-0.25, -0.2) is 0 Å². The molecule has 0 atom stereocenters. The monoisotopic (exact) mass is 221 g/mol. The lowest BCUT2D eigenvalue weighted by molar-refractivity contribution is -0.173. The summed E-state index contributed by atoms with van der Waals surface area (Å²) in [5, 5.41) is 0. The van der Waals surface area contributed by atoms with Gasteiger partial charge in [-0.15, -0.1) is 0 Å². The maximum absolute atomic E-state index is 11.6. The number of ketones is 1. The first-order chi connectivity index (χ1) is 6.99. The molecule has 0 amide bonds. The van der Waals surface area contributed by atoms with Crippen LogP contribution >= 0.6 is 0 Å². The Hall–Kier alpha value is -1.30. The Balaban J connectivity index is 2.19. The van der Waals surface area contributed by atoms with Gasteiger partial charge in [0.15, 0.2) is 5.78 Å². The van der Waals surface area contributed by atoms with Gasteiger partial charge >= 0.3 is 6.18 Å². The van der Waals surface area contributed by atoms with Crippen LogP contribution in [0.2, 0.25) is 0 Å². The van der Waals surface area contributed by atoms with E-state index in [0.717, 1.165) is 0 Å². The van der Waals surface area contributed by atoms with Gasteiger partial charge in [0, 0.05) is 24.4 Å². The highest BCUT2D eigenvalue weighted by molar-refractivity contribution is 5.95. The Morgan fingerprint density at radius 2 is 2.20 bits per heavy atom. The second-order valence-electron chi connectivity index (χ2n) is 2.94. The molecule has 0 fully saturated rings. The van der Waals surface area contributed by atoms with Gasteiger partial charge in [-0.2, -0.15) is 13.2 Å². The number of alkyl halides is 3. The minimum atomic E-state index is -4.34. The van der Waals surface area contributed by atoms with Crippen molar-refractivity contribution in [2.24, 2.45) is 0 Å². The summed E-state index contributed by atoms with van der Waals surface area (Å²) in [6, 6.07) is 1.56. The molecule has 0 radical (unpaired) electrons. The van der Waals surface area contributed by atoms with E-state index in [1.54, 1.807) is 12.3 Å². The van der Waals surface area contributed by atoms with Crippen molar-refractivity contribution in [3.8, 4) is 0 Å². The summed E-state index contributed by atoms with van der Waals surface area (Å²) in [5.41, 5.74) is 0.450. The fourth-order valence-corrected chi connectivity index (χ4v) is 0.994. The van der Waals surface area contributed by atoms with Crippen LogP contribution < -0.4 is 0 Å². The number of rotatable bonds is 5. The van der Waals surface area contributed by atoms with Crippen LogP contribution in [0.3, 0.4) is 0 Å². The van der Waals surface area contributed by atoms with E-state index < -0.39 is 12.8 Å². The van der Waals surface area contributed by atoms with Gasteiger partial charge in [0.2, 0.25) is 0 Å². The van der Waals surface area contributed by atoms with Gasteiger partial charge in [0.25, 0.3) is 0 Å². The molecular weight excluding hydrogens is 211 g/mol. The highest BCUT2D eigenvalue weighted by atomic mass is 19.4. The van der Waals surface area contributed by atoms with Crippen molar-refractivity contribution in [2.45, 2.75) is 12.6 Å². The van der Waals surface area contributed by atoms with Crippen molar-refractivity contribution in [2.75, 3.05) is 13.2 Å². The topological polar surface area (TPSA) is 42.1 Å². The molecule has 84 valence electrons. The average molecular weight is 221 g/mol. The van der Waals surface area contributed by atoms with E-state index in [2.05, 4.69) is 9.72 Å². The fourth-order valence-electron chi connectivity index (χ4n) is 0.994. The van der Waals surface area contributed by atoms with E-state index in [0.29, 0.717) is 5.56 Å². The molecule has 1 N–H and O–H groups in total. The molecule has 1 aromatic rings. The van der Waals surface area contributed by atoms with E-state index in [-0.39, 0.29) is 18.8 Å². The molecule has 0 bridgehead atoms. The Kier molecular flexibility index (Phi) is 3.90. The van der Waals surface area contributed by atoms with Crippen LogP contribution in [0.4, 0.5) is 13.2 Å². The maximum atomic E-state index is 11.6. The number of carbonyl (C=O) groups excluding carboxylic acids is 1. The highest BCUT2D eigenvalue weighted by Gasteiger charge is 2.27. The summed E-state index contributed by atoms with van der Waals surface area (Å²) in [6.45, 7) is -1.53. The number of Topliss-reactive ketones (excluding diaryl/α,β-unsaturated/α-hetero) is 1. The highest BCUT2D eigenvalue weighted by Crippen LogP contribution is 2.14. The minimum Gasteiger partial charge on any atom is -0.372 e. The Bertz CT molecular complexity index is 306. The fraction of sp³-hybridized carbons (Fsp3) is 0.444. The number of hydrogen-bond acceptors (Lipinski definition) is 2. The summed E-state index contributed by atoms with van der Waals surface area (Å²) < 4.78 is 39.2. The van der Waals surface area contributed by atoms with Crippen molar-refractivity contribution in [1.29, 1.82) is 0 Å². The van der Waals surface area contributed by atoms with E-state index >= 15 is 0 Å². The number of halogens is 3. The largest absolute Gasteiger partial charge is 0.411 e. The Morgan fingerprint density at radius 3 is 2.73 bits per heavy atom. The number of H-pyrrole nitrogens is 1. The van der Waals surface area contributed by atoms with Crippen LogP contribution in [0.15, 0.2) is 18.5 Å². The molecular formula is C9H10F3NO2. The normalized spacial score (nSPS) is 11.7. The van der Waals surface area contributed by atoms with Crippen molar-refractivity contribution >= 4 is 5.78 Å². The van der Waals surface area contributed by atoms with Gasteiger partial charge in [0.1, 0.15) is 6.61 Å². The Labute approximate surface area is 84.2 Å². The second-order valence-corrected chi connectivity index (χ2v) is 2.94. The van der Waals surface area contributed by atoms with Gasteiger partial charge in [-0.1, -0.05) is 0 Å². The molecule has 3 nitrogen and oxygen atoms in total. The first-order valence-electron chi connectivity index (χ1n) is 4.29. The zero-order chi connectivity index (χ0) is 11.3. The van der Waals surface area contributed by atoms with Crippen LogP contribution in [-0.2, 0) is 4.74 Å². The number of aromatic nitrogens is 1. The molecule has 0 saturated carbocycles. The molecule has 1 aromatic heterocycles. The van der Waals surface area contributed by atoms with Crippen molar-refractivity contribution < 1.29 is 22.7 Å². The first-order valence-corrected chi connectivity index (χ1v) is 4.29. The molecule has 1 heterocycles. The molecule has 0 aliphatic rings. The molecule has 0 aromatic carbocycles. The van der Waals surface area contributed by atoms with Gasteiger partial charge < -0.3 is 9.72 Å². The minimum absolute atomic E-state index is 0.0477. The SMILES string of the molecule is O=C(CCOCC(F)(F)F)c1cc[nH]c1. The third-order valence-electron chi connectivity index (χ3n) is 1.66. The van der Waals surface area contributed by atoms with E-state index in [9.17, 15) is 18.0 Å². The molecule has 0 aliphatic carbocycles. The first kappa shape index (κ1) is 11.8. The predicted molar refractivity (Wildman–Crippen MR) is 46.6 cm³/mol. The Morgan fingerprint density at radius 1 is 1.47 bits per heavy atom. The predicted octanol–water partition coefficient (Wildman–Crippen LogP) is 2.17. The third-order valence-corrected chi connectivity index (χ3v) is 1.66. The maximum Gasteiger partial charge on any atom is 0.411 e. The lowest BCUT2D eigenvalue weighted by Gasteiger charge is -2.06. The molecule has 15 heavy (non-hydrogen) atoms. The lowest BCUT2D eigenvalue weighted by atomic mass is 10.2. The van der Waals surface area contributed by atoms with Gasteiger partial charge in [0.05, 0.1) is 6.61 Å². The van der Waals surface area contributed by atoms with Gasteiger partial charge in [-0.3, -0.25) is 4.79 Å². The standard InChI is InChI=1S/C9H10F3NO2/c10-9(11,12)6-15-4-2-8(14)7-1-3-13-5-7/h1,3,5,13H,2,4,6H2. The van der Waals surface area contributed by atoms with E-state index in [1.165, 1.54) is 6.20 Å². The van der Waals surface area contributed by atoms with Crippen molar-refractivity contribution in [3.63, 3.8) is 0 Å². The van der Waals surface area contributed by atoms with Crippen LogP contribution in [0, 0.1) is 0 Å². The molecule has 0 aliphatic heterocycles. The molecule has 1 rings (SSSR count). The molecule has 6 heteroatoms. The quantitative estimate of drug-likeness (QED) is 0.611. The average Bonchev–Trinajstić information content (AvgIpc) is 2.63. The second kappa shape index (κ2) is 4.97. The summed E-state index contributed by atoms with van der Waals surface area (Å²) in [4.78, 5) is 13.9. The zero-order valence-electron chi connectivity index (χ0n) is 7.80. The van der Waals surface area contributed by atoms with Crippen LogP contribution in [0.1, 0.15) is 16.8 Å². The van der Waals surface area contributed by atoms with Crippen LogP contribution in [0.25, 0.3) is 0 Å². The lowest BCUT2D eigenvalue weighted by Crippen LogP contribution is -2.18. The van der Waals surface area contributed by atoms with E-state index in [4.69, 9.17) is 0 Å². The molecule has 0 spiro atoms. The zero-order valence-corrected chi connectivity index (χ0v) is 7.80. The number of nitrogens with one attached hydrogen (secondary N) is 1. The summed E-state index contributed by atoms with van der Waals surface area (Å²) in [5.74, 6) is -0.238.